The van der Waals surface area contributed by atoms with Crippen molar-refractivity contribution in [1.82, 2.24) is 4.72 Å². The molecule has 10 heteroatoms. The number of methoxy groups -OCH3 is 1. The SMILES string of the molecule is COC(=O)CN(C(=O)C(F)=C(C)c1cccc(C#N)c1)c1ccc(-c2ccccc2S(=O)(=O)NC(C)(C)C)cc1. The minimum Gasteiger partial charge on any atom is -0.468 e. The van der Waals surface area contributed by atoms with Crippen LogP contribution in [0.2, 0.25) is 0 Å². The van der Waals surface area contributed by atoms with E-state index in [1.807, 2.05) is 6.07 Å². The normalized spacial score (nSPS) is 12.2. The Hall–Kier alpha value is -4.33. The highest BCUT2D eigenvalue weighted by atomic mass is 32.2. The van der Waals surface area contributed by atoms with Gasteiger partial charge in [0.2, 0.25) is 10.0 Å². The van der Waals surface area contributed by atoms with Crippen LogP contribution in [0.4, 0.5) is 10.1 Å². The first kappa shape index (κ1) is 30.2. The number of anilines is 1. The highest BCUT2D eigenvalue weighted by molar-refractivity contribution is 7.89. The van der Waals surface area contributed by atoms with E-state index in [-0.39, 0.29) is 16.2 Å². The van der Waals surface area contributed by atoms with Gasteiger partial charge in [-0.3, -0.25) is 14.5 Å². The first-order chi connectivity index (χ1) is 18.8. The largest absolute Gasteiger partial charge is 0.468 e. The van der Waals surface area contributed by atoms with Gasteiger partial charge in [0.05, 0.1) is 23.6 Å². The highest BCUT2D eigenvalue weighted by Gasteiger charge is 2.27. The molecule has 0 aliphatic carbocycles. The third kappa shape index (κ3) is 7.20. The Bertz CT molecular complexity index is 1600. The summed E-state index contributed by atoms with van der Waals surface area (Å²) in [4.78, 5) is 26.4. The number of allylic oxidation sites excluding steroid dienone is 1. The number of nitrogens with zero attached hydrogens (tertiary/aromatic N) is 2. The van der Waals surface area contributed by atoms with E-state index in [2.05, 4.69) is 4.72 Å². The standard InChI is InChI=1S/C30H30FN3O5S/c1-20(23-10-8-9-21(17-23)18-32)28(31)29(36)34(19-27(35)39-5)24-15-13-22(14-16-24)25-11-6-7-12-26(25)40(37,38)33-30(2,3)4/h6-17,33H,19H2,1-5H3. The number of amides is 1. The molecule has 0 heterocycles. The van der Waals surface area contributed by atoms with Crippen molar-refractivity contribution in [2.24, 2.45) is 0 Å². The minimum atomic E-state index is -3.86. The highest BCUT2D eigenvalue weighted by Crippen LogP contribution is 2.31. The van der Waals surface area contributed by atoms with Crippen LogP contribution in [0, 0.1) is 11.3 Å². The Kier molecular flexibility index (Phi) is 9.24. The van der Waals surface area contributed by atoms with Crippen molar-refractivity contribution in [1.29, 1.82) is 5.26 Å². The predicted molar refractivity (Wildman–Crippen MR) is 151 cm³/mol. The van der Waals surface area contributed by atoms with Gasteiger partial charge in [0, 0.05) is 16.8 Å². The number of hydrogen-bond acceptors (Lipinski definition) is 6. The summed E-state index contributed by atoms with van der Waals surface area (Å²) in [5.74, 6) is -2.94. The summed E-state index contributed by atoms with van der Waals surface area (Å²) in [5, 5.41) is 9.15. The van der Waals surface area contributed by atoms with Crippen LogP contribution in [0.5, 0.6) is 0 Å². The van der Waals surface area contributed by atoms with Gasteiger partial charge in [-0.05, 0) is 74.7 Å². The fourth-order valence-corrected chi connectivity index (χ4v) is 5.57. The molecule has 1 amide bonds. The summed E-state index contributed by atoms with van der Waals surface area (Å²) >= 11 is 0. The maximum atomic E-state index is 15.4. The molecule has 0 radical (unpaired) electrons. The van der Waals surface area contributed by atoms with E-state index in [0.717, 1.165) is 12.0 Å². The number of carbonyl (C=O) groups is 2. The van der Waals surface area contributed by atoms with Crippen molar-refractivity contribution < 1.29 is 27.1 Å². The van der Waals surface area contributed by atoms with E-state index in [4.69, 9.17) is 10.00 Å². The van der Waals surface area contributed by atoms with E-state index in [1.165, 1.54) is 31.2 Å². The molecule has 0 spiro atoms. The number of rotatable bonds is 8. The molecule has 0 aliphatic heterocycles. The van der Waals surface area contributed by atoms with E-state index in [9.17, 15) is 18.0 Å². The van der Waals surface area contributed by atoms with Gasteiger partial charge in [-0.15, -0.1) is 0 Å². The van der Waals surface area contributed by atoms with Crippen molar-refractivity contribution in [3.8, 4) is 17.2 Å². The van der Waals surface area contributed by atoms with Crippen LogP contribution >= 0.6 is 0 Å². The van der Waals surface area contributed by atoms with E-state index in [0.29, 0.717) is 22.3 Å². The Morgan fingerprint density at radius 3 is 2.27 bits per heavy atom. The first-order valence-electron chi connectivity index (χ1n) is 12.3. The molecule has 1 N–H and O–H groups in total. The van der Waals surface area contributed by atoms with Gasteiger partial charge in [0.1, 0.15) is 6.54 Å². The average Bonchev–Trinajstić information content (AvgIpc) is 2.93. The van der Waals surface area contributed by atoms with Crippen molar-refractivity contribution in [2.45, 2.75) is 38.1 Å². The van der Waals surface area contributed by atoms with Crippen molar-refractivity contribution >= 4 is 33.2 Å². The Morgan fingerprint density at radius 1 is 1.02 bits per heavy atom. The molecule has 208 valence electrons. The van der Waals surface area contributed by atoms with Gasteiger partial charge >= 0.3 is 5.97 Å². The summed E-state index contributed by atoms with van der Waals surface area (Å²) in [6.45, 7) is 6.07. The molecule has 0 bridgehead atoms. The monoisotopic (exact) mass is 563 g/mol. The van der Waals surface area contributed by atoms with Crippen molar-refractivity contribution in [3.63, 3.8) is 0 Å². The van der Waals surface area contributed by atoms with E-state index in [1.54, 1.807) is 69.3 Å². The Morgan fingerprint density at radius 2 is 1.68 bits per heavy atom. The van der Waals surface area contributed by atoms with Gasteiger partial charge in [-0.1, -0.05) is 42.5 Å². The third-order valence-electron chi connectivity index (χ3n) is 5.81. The number of halogens is 1. The lowest BCUT2D eigenvalue weighted by molar-refractivity contribution is -0.139. The zero-order chi connectivity index (χ0) is 29.7. The second kappa shape index (κ2) is 12.2. The number of esters is 1. The molecular weight excluding hydrogens is 533 g/mol. The fraction of sp³-hybridized carbons (Fsp3) is 0.233. The smallest absolute Gasteiger partial charge is 0.325 e. The summed E-state index contributed by atoms with van der Waals surface area (Å²) < 4.78 is 49.0. The first-order valence-corrected chi connectivity index (χ1v) is 13.7. The van der Waals surface area contributed by atoms with Gasteiger partial charge in [-0.2, -0.15) is 5.26 Å². The van der Waals surface area contributed by atoms with Crippen molar-refractivity contribution in [3.05, 3.63) is 89.8 Å². The van der Waals surface area contributed by atoms with Gasteiger partial charge in [0.25, 0.3) is 5.91 Å². The topological polar surface area (TPSA) is 117 Å². The lowest BCUT2D eigenvalue weighted by Gasteiger charge is -2.23. The summed E-state index contributed by atoms with van der Waals surface area (Å²) in [6, 6.07) is 20.8. The summed E-state index contributed by atoms with van der Waals surface area (Å²) in [5.41, 5.74) is 1.11. The third-order valence-corrected chi connectivity index (χ3v) is 7.62. The minimum absolute atomic E-state index is 0.000863. The second-order valence-electron chi connectivity index (χ2n) is 10.00. The number of hydrogen-bond donors (Lipinski definition) is 1. The van der Waals surface area contributed by atoms with Crippen LogP contribution in [-0.2, 0) is 24.3 Å². The maximum Gasteiger partial charge on any atom is 0.325 e. The quantitative estimate of drug-likeness (QED) is 0.297. The molecule has 0 aliphatic rings. The molecule has 0 unspecified atom stereocenters. The maximum absolute atomic E-state index is 15.4. The molecule has 0 saturated heterocycles. The second-order valence-corrected chi connectivity index (χ2v) is 11.6. The Balaban J connectivity index is 2.03. The van der Waals surface area contributed by atoms with Crippen LogP contribution in [-0.4, -0.2) is 39.5 Å². The van der Waals surface area contributed by atoms with Crippen LogP contribution in [0.3, 0.4) is 0 Å². The van der Waals surface area contributed by atoms with Gasteiger partial charge < -0.3 is 4.74 Å². The van der Waals surface area contributed by atoms with Gasteiger partial charge in [0.15, 0.2) is 5.83 Å². The molecule has 0 aromatic heterocycles. The number of ether oxygens (including phenoxy) is 1. The van der Waals surface area contributed by atoms with E-state index < -0.39 is 39.8 Å². The molecule has 3 aromatic rings. The molecule has 8 nitrogen and oxygen atoms in total. The number of sulfonamides is 1. The Labute approximate surface area is 233 Å². The predicted octanol–water partition coefficient (Wildman–Crippen LogP) is 5.21. The van der Waals surface area contributed by atoms with Crippen LogP contribution in [0.25, 0.3) is 16.7 Å². The molecule has 40 heavy (non-hydrogen) atoms. The zero-order valence-electron chi connectivity index (χ0n) is 22.9. The summed E-state index contributed by atoms with van der Waals surface area (Å²) in [7, 11) is -2.71. The van der Waals surface area contributed by atoms with E-state index >= 15 is 4.39 Å². The molecule has 0 saturated carbocycles. The molecule has 3 aromatic carbocycles. The van der Waals surface area contributed by atoms with Crippen molar-refractivity contribution in [2.75, 3.05) is 18.6 Å². The van der Waals surface area contributed by atoms with Crippen LogP contribution in [0.15, 0.2) is 83.5 Å². The van der Waals surface area contributed by atoms with Crippen LogP contribution in [0.1, 0.15) is 38.8 Å². The average molecular weight is 564 g/mol. The molecule has 0 atom stereocenters. The number of nitrogens with one attached hydrogen (secondary N) is 1. The van der Waals surface area contributed by atoms with Gasteiger partial charge in [-0.25, -0.2) is 17.5 Å². The number of benzene rings is 3. The number of carbonyl (C=O) groups excluding carboxylic acids is 2. The van der Waals surface area contributed by atoms with Crippen LogP contribution < -0.4 is 9.62 Å². The lowest BCUT2D eigenvalue weighted by Crippen LogP contribution is -2.40. The fourth-order valence-electron chi connectivity index (χ4n) is 3.92. The summed E-state index contributed by atoms with van der Waals surface area (Å²) in [6.07, 6.45) is 0. The molecule has 0 fully saturated rings. The molecular formula is C30H30FN3O5S. The lowest BCUT2D eigenvalue weighted by atomic mass is 10.0. The number of nitriles is 1. The zero-order valence-corrected chi connectivity index (χ0v) is 23.7. The molecule has 3 rings (SSSR count).